The second kappa shape index (κ2) is 12.0. The van der Waals surface area contributed by atoms with Crippen LogP contribution >= 0.6 is 101 Å². The number of hydrogen-bond acceptors (Lipinski definition) is 9. The predicted octanol–water partition coefficient (Wildman–Crippen LogP) is 4.62. The Labute approximate surface area is 185 Å². The van der Waals surface area contributed by atoms with Crippen molar-refractivity contribution in [2.24, 2.45) is 0 Å². The minimum absolute atomic E-state index is 1.37. The zero-order chi connectivity index (χ0) is 18.4. The highest BCUT2D eigenvalue weighted by Crippen LogP contribution is 2.63. The first-order chi connectivity index (χ1) is 10.8. The second-order valence-electron chi connectivity index (χ2n) is 4.63. The zero-order valence-electron chi connectivity index (χ0n) is 15.7. The lowest BCUT2D eigenvalue weighted by molar-refractivity contribution is 2.49. The first-order valence-electron chi connectivity index (χ1n) is 6.76. The molecule has 0 bridgehead atoms. The Balaban J connectivity index is 6.86. The molecule has 0 aliphatic rings. The van der Waals surface area contributed by atoms with Gasteiger partial charge in [-0.3, -0.25) is 0 Å². The number of rotatable bonds is 12. The molecule has 0 radical (unpaired) electrons. The molecule has 0 aliphatic carbocycles. The summed E-state index contributed by atoms with van der Waals surface area (Å²) in [5.41, 5.74) is 0. The Hall–Kier alpha value is 4.23. The van der Waals surface area contributed by atoms with Crippen LogP contribution in [-0.4, -0.2) is 87.3 Å². The van der Waals surface area contributed by atoms with E-state index in [0.717, 1.165) is 0 Å². The molecule has 0 spiro atoms. The lowest BCUT2D eigenvalue weighted by atomic mass is 12.0. The third-order valence-electron chi connectivity index (χ3n) is 4.26. The standard InChI is InChI=1S/C9H30S9Si5/c1-10-20(11-2,12-3)23(19,21(13-4,14-5)15-6)22(16-7,17-8)18-9/h1-9,19H3. The van der Waals surface area contributed by atoms with E-state index in [1.807, 2.05) is 0 Å². The van der Waals surface area contributed by atoms with Gasteiger partial charge in [0.15, 0.2) is 0 Å². The van der Waals surface area contributed by atoms with Crippen molar-refractivity contribution < 1.29 is 0 Å². The van der Waals surface area contributed by atoms with Crippen LogP contribution in [0.3, 0.4) is 0 Å². The smallest absolute Gasteiger partial charge is 0.169 e. The average molecular weight is 567 g/mol. The van der Waals surface area contributed by atoms with Crippen LogP contribution < -0.4 is 0 Å². The molecule has 0 aliphatic heterocycles. The maximum absolute atomic E-state index is 2.44. The zero-order valence-corrected chi connectivity index (χ0v) is 29.0. The van der Waals surface area contributed by atoms with Crippen molar-refractivity contribution in [3.8, 4) is 0 Å². The Morgan fingerprint density at radius 3 is 0.609 bits per heavy atom. The SMILES string of the molecule is CS[Si](SC)(SC)[Si]([SiH3])([Si](SC)(SC)SC)[Si](SC)(SC)SC. The lowest BCUT2D eigenvalue weighted by Gasteiger charge is -2.57. The van der Waals surface area contributed by atoms with E-state index in [4.69, 9.17) is 0 Å². The van der Waals surface area contributed by atoms with Crippen LogP contribution in [-0.2, 0) is 0 Å². The minimum Gasteiger partial charge on any atom is -0.169 e. The van der Waals surface area contributed by atoms with Gasteiger partial charge in [0.05, 0.1) is 0 Å². The third-order valence-corrected chi connectivity index (χ3v) is 214. The molecule has 0 heterocycles. The second-order valence-corrected chi connectivity index (χ2v) is 92.0. The van der Waals surface area contributed by atoms with Crippen molar-refractivity contribution in [1.82, 2.24) is 0 Å². The summed E-state index contributed by atoms with van der Waals surface area (Å²) in [6, 6.07) is 0. The summed E-state index contributed by atoms with van der Waals surface area (Å²) in [6.45, 7) is 0. The molecule has 140 valence electrons. The van der Waals surface area contributed by atoms with Gasteiger partial charge in [-0.2, -0.15) is 101 Å². The van der Waals surface area contributed by atoms with Crippen LogP contribution in [0.2, 0.25) is 0 Å². The maximum Gasteiger partial charge on any atom is 0.220 e. The first kappa shape index (κ1) is 27.2. The van der Waals surface area contributed by atoms with E-state index in [1.165, 1.54) is 9.76 Å². The molecule has 0 saturated carbocycles. The van der Waals surface area contributed by atoms with Gasteiger partial charge in [0.2, 0.25) is 15.1 Å². The molecule has 0 N–H and O–H groups in total. The monoisotopic (exact) mass is 566 g/mol. The fraction of sp³-hybridized carbons (Fsp3) is 1.00. The van der Waals surface area contributed by atoms with Gasteiger partial charge < -0.3 is 0 Å². The molecule has 0 fully saturated rings. The molecule has 0 atom stereocenters. The molecule has 0 amide bonds. The topological polar surface area (TPSA) is 0 Å². The fourth-order valence-corrected chi connectivity index (χ4v) is 306. The molecule has 0 nitrogen and oxygen atoms in total. The Kier molecular flexibility index (Phi) is 14.3. The van der Waals surface area contributed by atoms with Crippen molar-refractivity contribution in [1.29, 1.82) is 0 Å². The van der Waals surface area contributed by atoms with Crippen LogP contribution in [0.5, 0.6) is 0 Å². The van der Waals surface area contributed by atoms with Crippen LogP contribution in [0.15, 0.2) is 0 Å². The molecule has 23 heavy (non-hydrogen) atoms. The molecule has 0 aromatic rings. The highest BCUT2D eigenvalue weighted by atomic mass is 32.9. The summed E-state index contributed by atoms with van der Waals surface area (Å²) >= 11 is 20.9. The third kappa shape index (κ3) is 4.54. The highest BCUT2D eigenvalue weighted by molar-refractivity contribution is 9.07. The summed E-state index contributed by atoms with van der Waals surface area (Å²) < 4.78 is 0. The van der Waals surface area contributed by atoms with Gasteiger partial charge in [0.1, 0.15) is 6.14 Å². The van der Waals surface area contributed by atoms with E-state index < -0.39 is 21.3 Å². The van der Waals surface area contributed by atoms with Gasteiger partial charge >= 0.3 is 0 Å². The first-order valence-corrected chi connectivity index (χ1v) is 38.8. The largest absolute Gasteiger partial charge is 0.220 e. The maximum atomic E-state index is 2.44. The van der Waals surface area contributed by atoms with E-state index in [9.17, 15) is 0 Å². The van der Waals surface area contributed by atoms with Gasteiger partial charge in [-0.05, 0) is 56.3 Å². The molecule has 0 unspecified atom stereocenters. The Morgan fingerprint density at radius 2 is 0.522 bits per heavy atom. The van der Waals surface area contributed by atoms with Crippen molar-refractivity contribution in [2.45, 2.75) is 0 Å². The molecular weight excluding hydrogens is 537 g/mol. The fourth-order valence-electron chi connectivity index (χ4n) is 3.15. The average Bonchev–Trinajstić information content (AvgIpc) is 2.61. The molecule has 0 rings (SSSR count). The van der Waals surface area contributed by atoms with Crippen molar-refractivity contribution in [2.75, 3.05) is 56.3 Å². The van der Waals surface area contributed by atoms with Crippen LogP contribution in [0, 0.1) is 0 Å². The van der Waals surface area contributed by atoms with E-state index in [-0.39, 0.29) is 0 Å². The summed E-state index contributed by atoms with van der Waals surface area (Å²) in [7, 11) is 1.46. The van der Waals surface area contributed by atoms with Gasteiger partial charge in [-0.15, -0.1) is 0 Å². The van der Waals surface area contributed by atoms with E-state index >= 15 is 0 Å². The predicted molar refractivity (Wildman–Crippen MR) is 155 cm³/mol. The van der Waals surface area contributed by atoms with Gasteiger partial charge in [-0.1, -0.05) is 0 Å². The van der Waals surface area contributed by atoms with Crippen molar-refractivity contribution >= 4 is 132 Å². The van der Waals surface area contributed by atoms with E-state index in [2.05, 4.69) is 157 Å². The number of hydrogen-bond donors (Lipinski definition) is 0. The molecular formula is C9H30S9Si5. The Morgan fingerprint density at radius 1 is 0.391 bits per heavy atom. The van der Waals surface area contributed by atoms with E-state index in [0.29, 0.717) is 0 Å². The molecule has 0 saturated heterocycles. The summed E-state index contributed by atoms with van der Waals surface area (Å²) in [5.74, 6) is 0. The van der Waals surface area contributed by atoms with E-state index in [1.54, 1.807) is 0 Å². The molecule has 0 aromatic heterocycles. The summed E-state index contributed by atoms with van der Waals surface area (Å²) in [6.07, 6.45) is 20.6. The Bertz CT molecular complexity index is 273. The minimum atomic E-state index is -1.42. The summed E-state index contributed by atoms with van der Waals surface area (Å²) in [5, 5.41) is -4.26. The summed E-state index contributed by atoms with van der Waals surface area (Å²) in [4.78, 5) is 0. The van der Waals surface area contributed by atoms with Crippen molar-refractivity contribution in [3.63, 3.8) is 0 Å². The molecule has 14 heteroatoms. The lowest BCUT2D eigenvalue weighted by Crippen LogP contribution is -2.82. The van der Waals surface area contributed by atoms with Gasteiger partial charge in [-0.25, -0.2) is 0 Å². The highest BCUT2D eigenvalue weighted by Gasteiger charge is 2.75. The normalized spacial score (nSPS) is 14.5. The van der Waals surface area contributed by atoms with Crippen LogP contribution in [0.1, 0.15) is 0 Å². The van der Waals surface area contributed by atoms with Crippen LogP contribution in [0.4, 0.5) is 0 Å². The van der Waals surface area contributed by atoms with Crippen molar-refractivity contribution in [3.05, 3.63) is 0 Å². The molecule has 0 aromatic carbocycles. The van der Waals surface area contributed by atoms with Gasteiger partial charge in [0.25, 0.3) is 0 Å². The van der Waals surface area contributed by atoms with Gasteiger partial charge in [0, 0.05) is 9.76 Å². The quantitative estimate of drug-likeness (QED) is 0.308. The van der Waals surface area contributed by atoms with Crippen LogP contribution in [0.25, 0.3) is 0 Å².